The molecule has 17 heavy (non-hydrogen) atoms. The van der Waals surface area contributed by atoms with Gasteiger partial charge in [-0.3, -0.25) is 10.1 Å². The van der Waals surface area contributed by atoms with Crippen molar-refractivity contribution in [2.45, 2.75) is 0 Å². The zero-order chi connectivity index (χ0) is 12.4. The van der Waals surface area contributed by atoms with Crippen LogP contribution >= 0.6 is 23.2 Å². The van der Waals surface area contributed by atoms with Gasteiger partial charge in [0, 0.05) is 11.1 Å². The van der Waals surface area contributed by atoms with Gasteiger partial charge in [0.05, 0.1) is 15.5 Å². The predicted octanol–water partition coefficient (Wildman–Crippen LogP) is 4.57. The summed E-state index contributed by atoms with van der Waals surface area (Å²) in [6.45, 7) is 0. The van der Waals surface area contributed by atoms with E-state index >= 15 is 0 Å². The number of hydrogen-bond acceptors (Lipinski definition) is 2. The van der Waals surface area contributed by atoms with Crippen LogP contribution in [-0.4, -0.2) is 4.92 Å². The van der Waals surface area contributed by atoms with Crippen LogP contribution in [0.3, 0.4) is 0 Å². The second kappa shape index (κ2) is 4.73. The van der Waals surface area contributed by atoms with Crippen LogP contribution in [0.1, 0.15) is 0 Å². The predicted molar refractivity (Wildman–Crippen MR) is 68.6 cm³/mol. The van der Waals surface area contributed by atoms with E-state index < -0.39 is 4.92 Å². The van der Waals surface area contributed by atoms with Crippen LogP contribution in [0.15, 0.2) is 42.5 Å². The van der Waals surface area contributed by atoms with Crippen molar-refractivity contribution >= 4 is 28.9 Å². The SMILES string of the molecule is O=[N+]([O-])c1cccc(Cl)c1-c1ccc(Cl)cc1. The number of nitro benzene ring substituents is 1. The van der Waals surface area contributed by atoms with E-state index in [4.69, 9.17) is 23.2 Å². The molecule has 86 valence electrons. The summed E-state index contributed by atoms with van der Waals surface area (Å²) >= 11 is 11.8. The molecule has 0 N–H and O–H groups in total. The van der Waals surface area contributed by atoms with Gasteiger partial charge in [0.1, 0.15) is 0 Å². The van der Waals surface area contributed by atoms with E-state index in [1.807, 2.05) is 0 Å². The highest BCUT2D eigenvalue weighted by molar-refractivity contribution is 6.34. The average molecular weight is 268 g/mol. The monoisotopic (exact) mass is 267 g/mol. The Morgan fingerprint density at radius 1 is 1.00 bits per heavy atom. The molecular formula is C12H7Cl2NO2. The first kappa shape index (κ1) is 11.9. The first-order chi connectivity index (χ1) is 8.09. The molecule has 0 aliphatic carbocycles. The summed E-state index contributed by atoms with van der Waals surface area (Å²) in [6, 6.07) is 11.4. The van der Waals surface area contributed by atoms with Crippen molar-refractivity contribution in [3.05, 3.63) is 62.6 Å². The molecule has 0 bridgehead atoms. The minimum atomic E-state index is -0.449. The Bertz CT molecular complexity index is 567. The average Bonchev–Trinajstić information content (AvgIpc) is 2.30. The first-order valence-electron chi connectivity index (χ1n) is 4.78. The Labute approximate surface area is 108 Å². The normalized spacial score (nSPS) is 10.2. The molecule has 2 rings (SSSR count). The highest BCUT2D eigenvalue weighted by Gasteiger charge is 2.17. The molecular weight excluding hydrogens is 261 g/mol. The standard InChI is InChI=1S/C12H7Cl2NO2/c13-9-6-4-8(5-7-9)12-10(14)2-1-3-11(12)15(16)17/h1-7H. The van der Waals surface area contributed by atoms with Gasteiger partial charge in [-0.1, -0.05) is 41.4 Å². The van der Waals surface area contributed by atoms with Gasteiger partial charge >= 0.3 is 0 Å². The third-order valence-electron chi connectivity index (χ3n) is 2.32. The van der Waals surface area contributed by atoms with Crippen molar-refractivity contribution in [1.82, 2.24) is 0 Å². The Kier molecular flexibility index (Phi) is 3.31. The molecule has 0 saturated heterocycles. The minimum absolute atomic E-state index is 0.0141. The first-order valence-corrected chi connectivity index (χ1v) is 5.54. The highest BCUT2D eigenvalue weighted by Crippen LogP contribution is 2.36. The molecule has 2 aromatic carbocycles. The largest absolute Gasteiger partial charge is 0.278 e. The molecule has 3 nitrogen and oxygen atoms in total. The molecule has 0 aromatic heterocycles. The van der Waals surface area contributed by atoms with Gasteiger partial charge in [-0.25, -0.2) is 0 Å². The molecule has 2 aromatic rings. The van der Waals surface area contributed by atoms with E-state index in [9.17, 15) is 10.1 Å². The summed E-state index contributed by atoms with van der Waals surface area (Å²) in [5.74, 6) is 0. The fraction of sp³-hybridized carbons (Fsp3) is 0. The molecule has 5 heteroatoms. The second-order valence-corrected chi connectivity index (χ2v) is 4.24. The molecule has 0 aliphatic rings. The summed E-state index contributed by atoms with van der Waals surface area (Å²) in [5, 5.41) is 11.9. The molecule has 0 saturated carbocycles. The summed E-state index contributed by atoms with van der Waals surface area (Å²) in [7, 11) is 0. The summed E-state index contributed by atoms with van der Waals surface area (Å²) in [4.78, 5) is 10.5. The summed E-state index contributed by atoms with van der Waals surface area (Å²) in [6.07, 6.45) is 0. The Morgan fingerprint density at radius 2 is 1.65 bits per heavy atom. The van der Waals surface area contributed by atoms with Crippen LogP contribution in [0.5, 0.6) is 0 Å². The number of nitro groups is 1. The van der Waals surface area contributed by atoms with Gasteiger partial charge in [-0.15, -0.1) is 0 Å². The van der Waals surface area contributed by atoms with Crippen LogP contribution in [0.25, 0.3) is 11.1 Å². The van der Waals surface area contributed by atoms with Crippen molar-refractivity contribution in [2.24, 2.45) is 0 Å². The van der Waals surface area contributed by atoms with Gasteiger partial charge in [0.15, 0.2) is 0 Å². The number of rotatable bonds is 2. The maximum Gasteiger partial charge on any atom is 0.278 e. The number of nitrogens with zero attached hydrogens (tertiary/aromatic N) is 1. The van der Waals surface area contributed by atoms with Crippen molar-refractivity contribution in [2.75, 3.05) is 0 Å². The van der Waals surface area contributed by atoms with E-state index in [0.717, 1.165) is 0 Å². The van der Waals surface area contributed by atoms with Crippen molar-refractivity contribution < 1.29 is 4.92 Å². The lowest BCUT2D eigenvalue weighted by molar-refractivity contribution is -0.384. The molecule has 0 aliphatic heterocycles. The molecule has 0 radical (unpaired) electrons. The zero-order valence-electron chi connectivity index (χ0n) is 8.56. The quantitative estimate of drug-likeness (QED) is 0.591. The van der Waals surface area contributed by atoms with E-state index in [1.54, 1.807) is 36.4 Å². The smallest absolute Gasteiger partial charge is 0.258 e. The molecule has 0 fully saturated rings. The summed E-state index contributed by atoms with van der Waals surface area (Å²) in [5.41, 5.74) is 1.07. The Balaban J connectivity index is 2.65. The minimum Gasteiger partial charge on any atom is -0.258 e. The topological polar surface area (TPSA) is 43.1 Å². The zero-order valence-corrected chi connectivity index (χ0v) is 10.1. The van der Waals surface area contributed by atoms with Gasteiger partial charge in [-0.2, -0.15) is 0 Å². The molecule has 0 atom stereocenters. The maximum absolute atomic E-state index is 10.9. The third kappa shape index (κ3) is 2.40. The van der Waals surface area contributed by atoms with Crippen molar-refractivity contribution in [1.29, 1.82) is 0 Å². The fourth-order valence-corrected chi connectivity index (χ4v) is 1.97. The summed E-state index contributed by atoms with van der Waals surface area (Å²) < 4.78 is 0. The number of halogens is 2. The van der Waals surface area contributed by atoms with Gasteiger partial charge in [0.25, 0.3) is 5.69 Å². The van der Waals surface area contributed by atoms with E-state index in [0.29, 0.717) is 21.2 Å². The maximum atomic E-state index is 10.9. The molecule has 0 heterocycles. The number of hydrogen-bond donors (Lipinski definition) is 0. The fourth-order valence-electron chi connectivity index (χ4n) is 1.57. The van der Waals surface area contributed by atoms with Crippen LogP contribution in [-0.2, 0) is 0 Å². The van der Waals surface area contributed by atoms with E-state index in [2.05, 4.69) is 0 Å². The van der Waals surface area contributed by atoms with Gasteiger partial charge in [-0.05, 0) is 23.8 Å². The van der Waals surface area contributed by atoms with Crippen LogP contribution in [0.2, 0.25) is 10.0 Å². The lowest BCUT2D eigenvalue weighted by atomic mass is 10.0. The lowest BCUT2D eigenvalue weighted by Gasteiger charge is -2.05. The Morgan fingerprint density at radius 3 is 2.24 bits per heavy atom. The van der Waals surface area contributed by atoms with Gasteiger partial charge in [0.2, 0.25) is 0 Å². The lowest BCUT2D eigenvalue weighted by Crippen LogP contribution is -1.92. The van der Waals surface area contributed by atoms with Crippen molar-refractivity contribution in [3.63, 3.8) is 0 Å². The van der Waals surface area contributed by atoms with Gasteiger partial charge < -0.3 is 0 Å². The Hall–Kier alpha value is -1.58. The molecule has 0 unspecified atom stereocenters. The molecule has 0 spiro atoms. The second-order valence-electron chi connectivity index (χ2n) is 3.40. The van der Waals surface area contributed by atoms with Crippen LogP contribution in [0, 0.1) is 10.1 Å². The van der Waals surface area contributed by atoms with Crippen LogP contribution in [0.4, 0.5) is 5.69 Å². The third-order valence-corrected chi connectivity index (χ3v) is 2.89. The molecule has 0 amide bonds. The van der Waals surface area contributed by atoms with Crippen LogP contribution < -0.4 is 0 Å². The number of benzene rings is 2. The highest BCUT2D eigenvalue weighted by atomic mass is 35.5. The van der Waals surface area contributed by atoms with E-state index in [-0.39, 0.29) is 5.69 Å². The van der Waals surface area contributed by atoms with Crippen molar-refractivity contribution in [3.8, 4) is 11.1 Å². The van der Waals surface area contributed by atoms with E-state index in [1.165, 1.54) is 6.07 Å².